The number of hydrogen-bond acceptors (Lipinski definition) is 6. The van der Waals surface area contributed by atoms with Gasteiger partial charge in [-0.3, -0.25) is 14.4 Å². The van der Waals surface area contributed by atoms with E-state index in [4.69, 9.17) is 4.74 Å². The van der Waals surface area contributed by atoms with Gasteiger partial charge in [-0.25, -0.2) is 0 Å². The summed E-state index contributed by atoms with van der Waals surface area (Å²) in [7, 11) is 0. The first-order chi connectivity index (χ1) is 18.7. The summed E-state index contributed by atoms with van der Waals surface area (Å²) in [6, 6.07) is 7.63. The predicted octanol–water partition coefficient (Wildman–Crippen LogP) is 4.51. The number of nitrogens with zero attached hydrogens (tertiary/aromatic N) is 2. The first-order valence-electron chi connectivity index (χ1n) is 13.7. The lowest BCUT2D eigenvalue weighted by atomic mass is 9.71. The topological polar surface area (TPSA) is 87.1 Å². The molecule has 0 aromatic heterocycles. The van der Waals surface area contributed by atoms with Crippen LogP contribution < -0.4 is 0 Å². The van der Waals surface area contributed by atoms with E-state index in [1.54, 1.807) is 27.6 Å². The fraction of sp³-hybridized carbons (Fsp3) is 0.567. The number of esters is 1. The van der Waals surface area contributed by atoms with Gasteiger partial charge < -0.3 is 19.6 Å². The maximum atomic E-state index is 14.4. The van der Waals surface area contributed by atoms with E-state index in [1.807, 2.05) is 50.3 Å². The van der Waals surface area contributed by atoms with Crippen molar-refractivity contribution in [3.05, 3.63) is 61.2 Å². The number of fused-ring (bicyclic) bond motifs is 1. The third kappa shape index (κ3) is 5.34. The molecule has 3 aliphatic heterocycles. The highest BCUT2D eigenvalue weighted by Gasteiger charge is 2.76. The molecule has 7 nitrogen and oxygen atoms in total. The Kier molecular flexibility index (Phi) is 9.65. The number of aliphatic hydroxyl groups excluding tert-OH is 1. The van der Waals surface area contributed by atoms with Crippen molar-refractivity contribution in [1.82, 2.24) is 9.80 Å². The average molecular weight is 620 g/mol. The van der Waals surface area contributed by atoms with Crippen molar-refractivity contribution in [1.29, 1.82) is 0 Å². The summed E-state index contributed by atoms with van der Waals surface area (Å²) in [6.45, 7) is 11.7. The number of unbranched alkanes of at least 4 members (excludes halogenated alkanes) is 2. The van der Waals surface area contributed by atoms with Crippen LogP contribution in [0.5, 0.6) is 0 Å². The van der Waals surface area contributed by atoms with Crippen LogP contribution in [0.25, 0.3) is 0 Å². The van der Waals surface area contributed by atoms with E-state index in [0.717, 1.165) is 24.8 Å². The van der Waals surface area contributed by atoms with Gasteiger partial charge in [0.1, 0.15) is 6.04 Å². The number of halogens is 1. The van der Waals surface area contributed by atoms with E-state index < -0.39 is 28.7 Å². The minimum atomic E-state index is -0.838. The Morgan fingerprint density at radius 2 is 1.97 bits per heavy atom. The highest BCUT2D eigenvalue weighted by atomic mass is 79.9. The van der Waals surface area contributed by atoms with E-state index >= 15 is 0 Å². The summed E-state index contributed by atoms with van der Waals surface area (Å²) in [6.07, 6.45) is 6.55. The van der Waals surface area contributed by atoms with Crippen LogP contribution in [-0.2, 0) is 19.1 Å². The van der Waals surface area contributed by atoms with Gasteiger partial charge in [-0.1, -0.05) is 58.4 Å². The van der Waals surface area contributed by atoms with Crippen LogP contribution in [0.3, 0.4) is 0 Å². The number of amides is 2. The molecule has 0 radical (unpaired) electrons. The minimum absolute atomic E-state index is 0.0451. The van der Waals surface area contributed by atoms with Crippen LogP contribution in [0.4, 0.5) is 0 Å². The van der Waals surface area contributed by atoms with Crippen LogP contribution in [0.2, 0.25) is 0 Å². The number of ether oxygens (including phenoxy) is 1. The van der Waals surface area contributed by atoms with Crippen molar-refractivity contribution < 1.29 is 24.2 Å². The molecule has 3 aliphatic rings. The lowest BCUT2D eigenvalue weighted by Crippen LogP contribution is -2.57. The van der Waals surface area contributed by atoms with Crippen molar-refractivity contribution in [2.24, 2.45) is 11.8 Å². The van der Waals surface area contributed by atoms with Crippen molar-refractivity contribution in [3.8, 4) is 0 Å². The number of allylic oxidation sites excluding steroid dienone is 1. The maximum absolute atomic E-state index is 14.4. The number of benzene rings is 1. The van der Waals surface area contributed by atoms with E-state index in [0.29, 0.717) is 13.0 Å². The number of aliphatic hydroxyl groups is 1. The highest BCUT2D eigenvalue weighted by Crippen LogP contribution is 2.68. The second kappa shape index (κ2) is 12.6. The van der Waals surface area contributed by atoms with Gasteiger partial charge in [0.2, 0.25) is 11.8 Å². The fourth-order valence-corrected chi connectivity index (χ4v) is 10.1. The Morgan fingerprint density at radius 3 is 2.59 bits per heavy atom. The molecule has 39 heavy (non-hydrogen) atoms. The second-order valence-electron chi connectivity index (χ2n) is 10.8. The molecule has 9 heteroatoms. The zero-order chi connectivity index (χ0) is 28.3. The monoisotopic (exact) mass is 618 g/mol. The van der Waals surface area contributed by atoms with Gasteiger partial charge >= 0.3 is 5.97 Å². The van der Waals surface area contributed by atoms with Gasteiger partial charge in [0.15, 0.2) is 0 Å². The van der Waals surface area contributed by atoms with Gasteiger partial charge in [0, 0.05) is 22.7 Å². The molecule has 1 spiro atoms. The third-order valence-electron chi connectivity index (χ3n) is 8.21. The Labute approximate surface area is 244 Å². The first kappa shape index (κ1) is 29.9. The minimum Gasteiger partial charge on any atom is -0.465 e. The van der Waals surface area contributed by atoms with E-state index in [2.05, 4.69) is 29.1 Å². The summed E-state index contributed by atoms with van der Waals surface area (Å²) < 4.78 is 4.91. The normalized spacial score (nSPS) is 29.8. The molecular formula is C30H39BrN2O5S. The van der Waals surface area contributed by atoms with Gasteiger partial charge in [0.05, 0.1) is 35.8 Å². The molecule has 2 bridgehead atoms. The number of carbonyl (C=O) groups excluding carboxylic acids is 3. The van der Waals surface area contributed by atoms with Crippen LogP contribution >= 0.6 is 27.7 Å². The van der Waals surface area contributed by atoms with Crippen molar-refractivity contribution in [2.45, 2.75) is 72.5 Å². The highest BCUT2D eigenvalue weighted by molar-refractivity contribution is 9.09. The molecule has 3 heterocycles. The molecule has 1 aromatic rings. The molecule has 3 unspecified atom stereocenters. The molecule has 0 aliphatic carbocycles. The molecule has 0 saturated carbocycles. The Hall–Kier alpha value is -2.10. The summed E-state index contributed by atoms with van der Waals surface area (Å²) in [4.78, 5) is 45.6. The Balaban J connectivity index is 1.76. The summed E-state index contributed by atoms with van der Waals surface area (Å²) in [5.74, 6) is -2.19. The van der Waals surface area contributed by atoms with Crippen LogP contribution in [0.15, 0.2) is 55.6 Å². The Morgan fingerprint density at radius 1 is 1.26 bits per heavy atom. The van der Waals surface area contributed by atoms with E-state index in [1.165, 1.54) is 0 Å². The second-order valence-corrected chi connectivity index (χ2v) is 13.6. The summed E-state index contributed by atoms with van der Waals surface area (Å²) >= 11 is 5.37. The van der Waals surface area contributed by atoms with Gasteiger partial charge in [0.25, 0.3) is 0 Å². The SMILES string of the molecule is C=CCCCCOC(=O)[C@H]1[C@H]2C(=O)N([C@H](CO)c3ccccc3)C(C(=O)N(CC=C)C(C)C)C23CC(Br)[C@@H]1S3. The van der Waals surface area contributed by atoms with E-state index in [9.17, 15) is 19.5 Å². The first-order valence-corrected chi connectivity index (χ1v) is 15.5. The maximum Gasteiger partial charge on any atom is 0.310 e. The third-order valence-corrected chi connectivity index (χ3v) is 11.4. The summed E-state index contributed by atoms with van der Waals surface area (Å²) in [5, 5.41) is 10.4. The number of likely N-dealkylation sites (tertiary alicyclic amines) is 1. The van der Waals surface area contributed by atoms with Crippen LogP contribution in [0.1, 0.15) is 51.1 Å². The van der Waals surface area contributed by atoms with Crippen molar-refractivity contribution >= 4 is 45.5 Å². The standard InChI is InChI=1S/C30H39BrN2O5S/c1-5-7-8-12-16-38-29(37)23-24-27(35)33(22(18-34)20-13-10-9-11-14-20)26(28(36)32(15-6-2)19(3)4)30(24)17-21(31)25(23)39-30/h5-6,9-11,13-14,19,21-26,34H,1-2,7-8,12,15-18H2,3-4H3/t21?,22-,23+,24+,25+,26?,30?/m1/s1. The number of rotatable bonds is 13. The predicted molar refractivity (Wildman–Crippen MR) is 157 cm³/mol. The summed E-state index contributed by atoms with van der Waals surface area (Å²) in [5.41, 5.74) is 0.749. The van der Waals surface area contributed by atoms with E-state index in [-0.39, 0.29) is 47.1 Å². The Bertz CT molecular complexity index is 1080. The zero-order valence-corrected chi connectivity index (χ0v) is 25.1. The largest absolute Gasteiger partial charge is 0.465 e. The molecule has 1 aromatic carbocycles. The van der Waals surface area contributed by atoms with Gasteiger partial charge in [-0.2, -0.15) is 0 Å². The molecule has 3 fully saturated rings. The smallest absolute Gasteiger partial charge is 0.310 e. The van der Waals surface area contributed by atoms with Crippen molar-refractivity contribution in [2.75, 3.05) is 19.8 Å². The number of hydrogen-bond donors (Lipinski definition) is 1. The van der Waals surface area contributed by atoms with Crippen LogP contribution in [-0.4, -0.2) is 79.4 Å². The molecule has 3 saturated heterocycles. The molecule has 212 valence electrons. The lowest BCUT2D eigenvalue weighted by Gasteiger charge is -2.41. The number of carbonyl (C=O) groups is 3. The molecular weight excluding hydrogens is 580 g/mol. The number of thioether (sulfide) groups is 1. The van der Waals surface area contributed by atoms with Crippen LogP contribution in [0, 0.1) is 11.8 Å². The molecule has 2 amide bonds. The average Bonchev–Trinajstić information content (AvgIpc) is 3.51. The zero-order valence-electron chi connectivity index (χ0n) is 22.7. The van der Waals surface area contributed by atoms with Gasteiger partial charge in [-0.15, -0.1) is 24.9 Å². The lowest BCUT2D eigenvalue weighted by molar-refractivity contribution is -0.154. The molecule has 1 N–H and O–H groups in total. The molecule has 7 atom stereocenters. The quantitative estimate of drug-likeness (QED) is 0.151. The van der Waals surface area contributed by atoms with Gasteiger partial charge in [-0.05, 0) is 45.1 Å². The van der Waals surface area contributed by atoms with Crippen molar-refractivity contribution in [3.63, 3.8) is 0 Å². The molecule has 4 rings (SSSR count). The number of alkyl halides is 1. The fourth-order valence-electron chi connectivity index (χ4n) is 6.49.